The van der Waals surface area contributed by atoms with Crippen molar-refractivity contribution in [2.24, 2.45) is 5.92 Å². The molecule has 0 saturated heterocycles. The van der Waals surface area contributed by atoms with Gasteiger partial charge in [-0.15, -0.1) is 11.6 Å². The second-order valence-electron chi connectivity index (χ2n) is 2.44. The van der Waals surface area contributed by atoms with Crippen molar-refractivity contribution in [2.75, 3.05) is 5.88 Å². The topological polar surface area (TPSA) is 37.3 Å². The predicted molar refractivity (Wildman–Crippen MR) is 45.9 cm³/mol. The van der Waals surface area contributed by atoms with Crippen LogP contribution in [0.4, 0.5) is 0 Å². The molecule has 0 aliphatic heterocycles. The molecule has 0 saturated carbocycles. The van der Waals surface area contributed by atoms with Crippen molar-refractivity contribution < 1.29 is 9.90 Å². The van der Waals surface area contributed by atoms with E-state index >= 15 is 0 Å². The first-order valence-electron chi connectivity index (χ1n) is 3.60. The maximum atomic E-state index is 10.4. The highest BCUT2D eigenvalue weighted by Gasteiger charge is 2.07. The van der Waals surface area contributed by atoms with Crippen molar-refractivity contribution in [3.8, 4) is 0 Å². The molecule has 0 aliphatic carbocycles. The van der Waals surface area contributed by atoms with E-state index in [1.807, 2.05) is 6.92 Å². The Hall–Kier alpha value is -0.500. The van der Waals surface area contributed by atoms with Crippen LogP contribution in [0.2, 0.25) is 0 Å². The van der Waals surface area contributed by atoms with Gasteiger partial charge in [0.1, 0.15) is 0 Å². The zero-order chi connectivity index (χ0) is 8.85. The third-order valence-electron chi connectivity index (χ3n) is 1.50. The molecule has 0 aromatic rings. The summed E-state index contributed by atoms with van der Waals surface area (Å²) in [5.74, 6) is -0.807. The fraction of sp³-hybridized carbons (Fsp3) is 0.625. The molecule has 0 spiro atoms. The molecule has 11 heavy (non-hydrogen) atoms. The molecule has 1 atom stereocenters. The van der Waals surface area contributed by atoms with E-state index in [9.17, 15) is 4.79 Å². The normalized spacial score (nSPS) is 14.6. The van der Waals surface area contributed by atoms with Gasteiger partial charge >= 0.3 is 5.97 Å². The predicted octanol–water partition coefficient (Wildman–Crippen LogP) is 2.28. The molecule has 0 aliphatic rings. The zero-order valence-electron chi connectivity index (χ0n) is 6.80. The SMILES string of the molecule is CCC(=CC(C)C(=O)O)CCl. The Morgan fingerprint density at radius 3 is 2.55 bits per heavy atom. The van der Waals surface area contributed by atoms with Crippen LogP contribution in [0.5, 0.6) is 0 Å². The van der Waals surface area contributed by atoms with E-state index in [0.717, 1.165) is 12.0 Å². The van der Waals surface area contributed by atoms with Gasteiger partial charge in [-0.1, -0.05) is 18.6 Å². The van der Waals surface area contributed by atoms with Crippen molar-refractivity contribution in [3.05, 3.63) is 11.6 Å². The van der Waals surface area contributed by atoms with Crippen LogP contribution in [0.15, 0.2) is 11.6 Å². The van der Waals surface area contributed by atoms with Crippen molar-refractivity contribution in [1.29, 1.82) is 0 Å². The molecule has 0 aromatic carbocycles. The minimum absolute atomic E-state index is 0.425. The van der Waals surface area contributed by atoms with Gasteiger partial charge in [0, 0.05) is 5.88 Å². The summed E-state index contributed by atoms with van der Waals surface area (Å²) in [4.78, 5) is 10.4. The first-order chi connectivity index (χ1) is 5.11. The van der Waals surface area contributed by atoms with E-state index < -0.39 is 11.9 Å². The molecule has 0 bridgehead atoms. The Bertz CT molecular complexity index is 157. The Morgan fingerprint density at radius 1 is 1.73 bits per heavy atom. The first kappa shape index (κ1) is 10.5. The smallest absolute Gasteiger partial charge is 0.310 e. The number of rotatable bonds is 4. The number of halogens is 1. The molecule has 0 radical (unpaired) electrons. The van der Waals surface area contributed by atoms with E-state index in [1.165, 1.54) is 0 Å². The lowest BCUT2D eigenvalue weighted by Gasteiger charge is -2.02. The average Bonchev–Trinajstić information content (AvgIpc) is 1.99. The van der Waals surface area contributed by atoms with Crippen LogP contribution in [-0.4, -0.2) is 17.0 Å². The van der Waals surface area contributed by atoms with Gasteiger partial charge in [0.25, 0.3) is 0 Å². The summed E-state index contributed by atoms with van der Waals surface area (Å²) in [5.41, 5.74) is 0.988. The van der Waals surface area contributed by atoms with E-state index in [4.69, 9.17) is 16.7 Å². The Morgan fingerprint density at radius 2 is 2.27 bits per heavy atom. The minimum Gasteiger partial charge on any atom is -0.481 e. The minimum atomic E-state index is -0.805. The maximum absolute atomic E-state index is 10.4. The summed E-state index contributed by atoms with van der Waals surface area (Å²) >= 11 is 5.56. The van der Waals surface area contributed by atoms with Crippen LogP contribution in [0.3, 0.4) is 0 Å². The number of aliphatic carboxylic acids is 1. The third kappa shape index (κ3) is 4.04. The van der Waals surface area contributed by atoms with Crippen LogP contribution in [0.25, 0.3) is 0 Å². The number of carboxylic acids is 1. The molecule has 2 nitrogen and oxygen atoms in total. The quantitative estimate of drug-likeness (QED) is 0.527. The zero-order valence-corrected chi connectivity index (χ0v) is 7.56. The average molecular weight is 177 g/mol. The van der Waals surface area contributed by atoms with Crippen LogP contribution in [0, 0.1) is 5.92 Å². The van der Waals surface area contributed by atoms with Crippen molar-refractivity contribution in [1.82, 2.24) is 0 Å². The number of carboxylic acid groups (broad SMARTS) is 1. The van der Waals surface area contributed by atoms with Crippen LogP contribution in [-0.2, 0) is 4.79 Å². The number of alkyl halides is 1. The number of hydrogen-bond acceptors (Lipinski definition) is 1. The highest BCUT2D eigenvalue weighted by Crippen LogP contribution is 2.08. The largest absolute Gasteiger partial charge is 0.481 e. The van der Waals surface area contributed by atoms with Crippen molar-refractivity contribution in [3.63, 3.8) is 0 Å². The molecule has 1 unspecified atom stereocenters. The molecule has 1 N–H and O–H groups in total. The lowest BCUT2D eigenvalue weighted by atomic mass is 10.1. The number of allylic oxidation sites excluding steroid dienone is 1. The summed E-state index contributed by atoms with van der Waals surface area (Å²) in [7, 11) is 0. The fourth-order valence-electron chi connectivity index (χ4n) is 0.682. The standard InChI is InChI=1S/C8H13ClO2/c1-3-7(5-9)4-6(2)8(10)11/h4,6H,3,5H2,1-2H3,(H,10,11). The molecular formula is C8H13ClO2. The van der Waals surface area contributed by atoms with Gasteiger partial charge in [0.05, 0.1) is 5.92 Å². The molecule has 0 rings (SSSR count). The number of hydrogen-bond donors (Lipinski definition) is 1. The lowest BCUT2D eigenvalue weighted by Crippen LogP contribution is -2.07. The highest BCUT2D eigenvalue weighted by atomic mass is 35.5. The first-order valence-corrected chi connectivity index (χ1v) is 4.13. The monoisotopic (exact) mass is 176 g/mol. The summed E-state index contributed by atoms with van der Waals surface area (Å²) in [6.07, 6.45) is 2.52. The Kier molecular flexibility index (Phi) is 4.95. The Balaban J connectivity index is 4.14. The van der Waals surface area contributed by atoms with Gasteiger partial charge < -0.3 is 5.11 Å². The fourth-order valence-corrected chi connectivity index (χ4v) is 0.960. The summed E-state index contributed by atoms with van der Waals surface area (Å²) in [5, 5.41) is 8.53. The Labute approximate surface area is 71.9 Å². The molecular weight excluding hydrogens is 164 g/mol. The highest BCUT2D eigenvalue weighted by molar-refractivity contribution is 6.19. The van der Waals surface area contributed by atoms with Gasteiger partial charge in [-0.2, -0.15) is 0 Å². The second-order valence-corrected chi connectivity index (χ2v) is 2.71. The summed E-state index contributed by atoms with van der Waals surface area (Å²) in [6.45, 7) is 3.60. The van der Waals surface area contributed by atoms with Crippen LogP contribution >= 0.6 is 11.6 Å². The van der Waals surface area contributed by atoms with Gasteiger partial charge in [0.2, 0.25) is 0 Å². The molecule has 0 amide bonds. The van der Waals surface area contributed by atoms with Crippen LogP contribution < -0.4 is 0 Å². The molecule has 0 heterocycles. The van der Waals surface area contributed by atoms with E-state index in [0.29, 0.717) is 5.88 Å². The van der Waals surface area contributed by atoms with Gasteiger partial charge in [-0.3, -0.25) is 4.79 Å². The van der Waals surface area contributed by atoms with E-state index in [-0.39, 0.29) is 0 Å². The van der Waals surface area contributed by atoms with E-state index in [2.05, 4.69) is 0 Å². The van der Waals surface area contributed by atoms with Gasteiger partial charge in [0.15, 0.2) is 0 Å². The van der Waals surface area contributed by atoms with Gasteiger partial charge in [-0.25, -0.2) is 0 Å². The van der Waals surface area contributed by atoms with Crippen molar-refractivity contribution >= 4 is 17.6 Å². The maximum Gasteiger partial charge on any atom is 0.310 e. The summed E-state index contributed by atoms with van der Waals surface area (Å²) < 4.78 is 0. The van der Waals surface area contributed by atoms with Gasteiger partial charge in [-0.05, 0) is 13.3 Å². The van der Waals surface area contributed by atoms with E-state index in [1.54, 1.807) is 13.0 Å². The number of carbonyl (C=O) groups is 1. The molecule has 64 valence electrons. The third-order valence-corrected chi connectivity index (χ3v) is 1.84. The van der Waals surface area contributed by atoms with Crippen molar-refractivity contribution in [2.45, 2.75) is 20.3 Å². The molecule has 3 heteroatoms. The second kappa shape index (κ2) is 5.19. The summed E-state index contributed by atoms with van der Waals surface area (Å²) in [6, 6.07) is 0. The lowest BCUT2D eigenvalue weighted by molar-refractivity contribution is -0.139. The van der Waals surface area contributed by atoms with Crippen LogP contribution in [0.1, 0.15) is 20.3 Å². The molecule has 0 aromatic heterocycles. The molecule has 0 fully saturated rings.